The number of carbonyl (C=O) groups excluding carboxylic acids is 1. The minimum Gasteiger partial charge on any atom is -0.299 e. The number of rotatable bonds is 0. The van der Waals surface area contributed by atoms with Gasteiger partial charge in [0.05, 0.1) is 0 Å². The summed E-state index contributed by atoms with van der Waals surface area (Å²) in [5.74, 6) is 2.61. The lowest BCUT2D eigenvalue weighted by Gasteiger charge is -2.30. The molecular formula is C10H16O. The van der Waals surface area contributed by atoms with Crippen molar-refractivity contribution in [3.05, 3.63) is 0 Å². The summed E-state index contributed by atoms with van der Waals surface area (Å²) in [6.45, 7) is 2.31. The first-order valence-corrected chi connectivity index (χ1v) is 4.82. The van der Waals surface area contributed by atoms with Gasteiger partial charge in [-0.25, -0.2) is 0 Å². The van der Waals surface area contributed by atoms with Crippen molar-refractivity contribution in [3.8, 4) is 0 Å². The summed E-state index contributed by atoms with van der Waals surface area (Å²) in [5.41, 5.74) is 0. The van der Waals surface area contributed by atoms with Gasteiger partial charge in [0.25, 0.3) is 0 Å². The van der Waals surface area contributed by atoms with Crippen LogP contribution >= 0.6 is 0 Å². The first kappa shape index (κ1) is 7.33. The van der Waals surface area contributed by atoms with E-state index in [-0.39, 0.29) is 0 Å². The molecule has 0 aliphatic heterocycles. The third-order valence-electron chi connectivity index (χ3n) is 3.56. The summed E-state index contributed by atoms with van der Waals surface area (Å²) in [5, 5.41) is 0. The molecule has 2 rings (SSSR count). The second-order valence-corrected chi connectivity index (χ2v) is 4.18. The van der Waals surface area contributed by atoms with Crippen molar-refractivity contribution in [2.75, 3.05) is 0 Å². The first-order chi connectivity index (χ1) is 5.29. The van der Waals surface area contributed by atoms with Gasteiger partial charge in [0, 0.05) is 12.3 Å². The number of hydrogen-bond acceptors (Lipinski definition) is 1. The second-order valence-electron chi connectivity index (χ2n) is 4.18. The third kappa shape index (κ3) is 1.11. The molecule has 0 bridgehead atoms. The molecule has 0 saturated heterocycles. The molecule has 2 aliphatic carbocycles. The first-order valence-electron chi connectivity index (χ1n) is 4.82. The standard InChI is InChI=1S/C10H16O/c1-7-3-2-4-9-8(7)5-6-10(9)11/h7-9H,2-6H2,1H3/t7-,8+,9+/m0/s1. The molecule has 2 aliphatic rings. The van der Waals surface area contributed by atoms with E-state index in [0.717, 1.165) is 18.3 Å². The monoisotopic (exact) mass is 152 g/mol. The fraction of sp³-hybridized carbons (Fsp3) is 0.900. The van der Waals surface area contributed by atoms with Crippen LogP contribution in [0.5, 0.6) is 0 Å². The van der Waals surface area contributed by atoms with E-state index in [1.165, 1.54) is 25.7 Å². The molecule has 3 atom stereocenters. The Morgan fingerprint density at radius 2 is 2.09 bits per heavy atom. The number of hydrogen-bond donors (Lipinski definition) is 0. The lowest BCUT2D eigenvalue weighted by atomic mass is 9.75. The summed E-state index contributed by atoms with van der Waals surface area (Å²) < 4.78 is 0. The Bertz CT molecular complexity index is 174. The van der Waals surface area contributed by atoms with Crippen molar-refractivity contribution in [1.29, 1.82) is 0 Å². The van der Waals surface area contributed by atoms with Gasteiger partial charge < -0.3 is 0 Å². The fourth-order valence-corrected chi connectivity index (χ4v) is 2.86. The summed E-state index contributed by atoms with van der Waals surface area (Å²) >= 11 is 0. The van der Waals surface area contributed by atoms with E-state index < -0.39 is 0 Å². The predicted octanol–water partition coefficient (Wildman–Crippen LogP) is 2.40. The average molecular weight is 152 g/mol. The van der Waals surface area contributed by atoms with Crippen molar-refractivity contribution >= 4 is 5.78 Å². The Hall–Kier alpha value is -0.330. The zero-order valence-electron chi connectivity index (χ0n) is 7.18. The van der Waals surface area contributed by atoms with Gasteiger partial charge in [0.15, 0.2) is 0 Å². The van der Waals surface area contributed by atoms with Crippen molar-refractivity contribution < 1.29 is 4.79 Å². The molecule has 0 spiro atoms. The summed E-state index contributed by atoms with van der Waals surface area (Å²) in [4.78, 5) is 11.4. The Balaban J connectivity index is 2.12. The van der Waals surface area contributed by atoms with Crippen LogP contribution in [0.2, 0.25) is 0 Å². The molecular weight excluding hydrogens is 136 g/mol. The second kappa shape index (κ2) is 2.62. The van der Waals surface area contributed by atoms with Crippen LogP contribution in [-0.2, 0) is 4.79 Å². The highest BCUT2D eigenvalue weighted by Crippen LogP contribution is 2.43. The van der Waals surface area contributed by atoms with Crippen LogP contribution in [0.15, 0.2) is 0 Å². The Labute approximate surface area is 68.2 Å². The predicted molar refractivity (Wildman–Crippen MR) is 44.2 cm³/mol. The molecule has 0 radical (unpaired) electrons. The van der Waals surface area contributed by atoms with E-state index in [1.807, 2.05) is 0 Å². The molecule has 0 aromatic carbocycles. The minimum absolute atomic E-state index is 0.471. The Morgan fingerprint density at radius 1 is 1.27 bits per heavy atom. The van der Waals surface area contributed by atoms with Crippen LogP contribution in [0.3, 0.4) is 0 Å². The SMILES string of the molecule is C[C@H]1CCC[C@H]2C(=O)CC[C@H]12. The average Bonchev–Trinajstić information content (AvgIpc) is 2.35. The number of carbonyl (C=O) groups is 1. The van der Waals surface area contributed by atoms with Gasteiger partial charge in [-0.1, -0.05) is 19.8 Å². The largest absolute Gasteiger partial charge is 0.299 e. The minimum atomic E-state index is 0.471. The third-order valence-corrected chi connectivity index (χ3v) is 3.56. The van der Waals surface area contributed by atoms with Gasteiger partial charge in [-0.2, -0.15) is 0 Å². The maximum atomic E-state index is 11.4. The van der Waals surface area contributed by atoms with Crippen LogP contribution in [0, 0.1) is 17.8 Å². The van der Waals surface area contributed by atoms with E-state index in [4.69, 9.17) is 0 Å². The van der Waals surface area contributed by atoms with Crippen LogP contribution in [0.4, 0.5) is 0 Å². The van der Waals surface area contributed by atoms with Crippen LogP contribution in [-0.4, -0.2) is 5.78 Å². The van der Waals surface area contributed by atoms with Gasteiger partial charge in [-0.3, -0.25) is 4.79 Å². The van der Waals surface area contributed by atoms with Gasteiger partial charge >= 0.3 is 0 Å². The lowest BCUT2D eigenvalue weighted by Crippen LogP contribution is -2.25. The summed E-state index contributed by atoms with van der Waals surface area (Å²) in [6, 6.07) is 0. The summed E-state index contributed by atoms with van der Waals surface area (Å²) in [6.07, 6.45) is 5.89. The van der Waals surface area contributed by atoms with Crippen LogP contribution in [0.25, 0.3) is 0 Å². The van der Waals surface area contributed by atoms with Crippen LogP contribution in [0.1, 0.15) is 39.0 Å². The molecule has 0 aromatic rings. The van der Waals surface area contributed by atoms with E-state index in [9.17, 15) is 4.79 Å². The Morgan fingerprint density at radius 3 is 2.82 bits per heavy atom. The smallest absolute Gasteiger partial charge is 0.136 e. The van der Waals surface area contributed by atoms with Gasteiger partial charge in [-0.15, -0.1) is 0 Å². The molecule has 1 nitrogen and oxygen atoms in total. The van der Waals surface area contributed by atoms with E-state index in [0.29, 0.717) is 11.7 Å². The summed E-state index contributed by atoms with van der Waals surface area (Å²) in [7, 11) is 0. The molecule has 0 N–H and O–H groups in total. The molecule has 1 heteroatoms. The molecule has 11 heavy (non-hydrogen) atoms. The van der Waals surface area contributed by atoms with Crippen LogP contribution < -0.4 is 0 Å². The molecule has 0 heterocycles. The zero-order valence-corrected chi connectivity index (χ0v) is 7.18. The van der Waals surface area contributed by atoms with Gasteiger partial charge in [0.2, 0.25) is 0 Å². The lowest BCUT2D eigenvalue weighted by molar-refractivity contribution is -0.122. The quantitative estimate of drug-likeness (QED) is 0.521. The number of ketones is 1. The molecule has 62 valence electrons. The number of fused-ring (bicyclic) bond motifs is 1. The van der Waals surface area contributed by atoms with Crippen molar-refractivity contribution in [2.45, 2.75) is 39.0 Å². The van der Waals surface area contributed by atoms with E-state index >= 15 is 0 Å². The maximum Gasteiger partial charge on any atom is 0.136 e. The molecule has 0 unspecified atom stereocenters. The highest BCUT2D eigenvalue weighted by Gasteiger charge is 2.39. The van der Waals surface area contributed by atoms with E-state index in [1.54, 1.807) is 0 Å². The fourth-order valence-electron chi connectivity index (χ4n) is 2.86. The molecule has 0 amide bonds. The van der Waals surface area contributed by atoms with Crippen molar-refractivity contribution in [3.63, 3.8) is 0 Å². The molecule has 2 saturated carbocycles. The van der Waals surface area contributed by atoms with Crippen molar-refractivity contribution in [1.82, 2.24) is 0 Å². The number of Topliss-reactive ketones (excluding diaryl/α,β-unsaturated/α-hetero) is 1. The van der Waals surface area contributed by atoms with E-state index in [2.05, 4.69) is 6.92 Å². The zero-order chi connectivity index (χ0) is 7.84. The maximum absolute atomic E-state index is 11.4. The van der Waals surface area contributed by atoms with Crippen molar-refractivity contribution in [2.24, 2.45) is 17.8 Å². The normalized spacial score (nSPS) is 44.1. The Kier molecular flexibility index (Phi) is 1.74. The molecule has 0 aromatic heterocycles. The van der Waals surface area contributed by atoms with Gasteiger partial charge in [-0.05, 0) is 24.7 Å². The molecule has 2 fully saturated rings. The highest BCUT2D eigenvalue weighted by atomic mass is 16.1. The highest BCUT2D eigenvalue weighted by molar-refractivity contribution is 5.83. The van der Waals surface area contributed by atoms with Gasteiger partial charge in [0.1, 0.15) is 5.78 Å². The topological polar surface area (TPSA) is 17.1 Å².